The molecule has 2 rings (SSSR count). The van der Waals surface area contributed by atoms with E-state index >= 15 is 0 Å². The van der Waals surface area contributed by atoms with Gasteiger partial charge in [0.2, 0.25) is 0 Å². The average Bonchev–Trinajstić information content (AvgIpc) is 2.95. The maximum atomic E-state index is 11.7. The normalized spacial score (nSPS) is 30.3. The smallest absolute Gasteiger partial charge is 0.314 e. The van der Waals surface area contributed by atoms with Crippen LogP contribution in [0.2, 0.25) is 0 Å². The Bertz CT molecular complexity index is 269. The second kappa shape index (κ2) is 5.70. The van der Waals surface area contributed by atoms with Crippen molar-refractivity contribution in [2.45, 2.75) is 55.8 Å². The van der Waals surface area contributed by atoms with Gasteiger partial charge in [-0.1, -0.05) is 12.8 Å². The Kier molecular flexibility index (Phi) is 4.43. The zero-order chi connectivity index (χ0) is 13.1. The summed E-state index contributed by atoms with van der Waals surface area (Å²) in [6.07, 6.45) is 6.15. The molecule has 0 aromatic heterocycles. The Hall–Kier alpha value is -0.420. The molecule has 1 saturated heterocycles. The number of aliphatic hydroxyl groups is 1. The van der Waals surface area contributed by atoms with Gasteiger partial charge in [-0.15, -0.1) is 0 Å². The van der Waals surface area contributed by atoms with Crippen LogP contribution in [-0.4, -0.2) is 40.3 Å². The molecule has 0 aromatic carbocycles. The minimum Gasteiger partial charge on any atom is -0.388 e. The lowest BCUT2D eigenvalue weighted by molar-refractivity contribution is 0.0501. The molecule has 0 aromatic rings. The number of hydrogen-bond acceptors (Lipinski definition) is 3. The van der Waals surface area contributed by atoms with Gasteiger partial charge in [0.05, 0.1) is 5.60 Å². The SMILES string of the molecule is CC1(CNC(=O)NCC2(O)CCCC2)CCCS1. The fraction of sp³-hybridized carbons (Fsp3) is 0.923. The van der Waals surface area contributed by atoms with Crippen LogP contribution in [0.1, 0.15) is 45.4 Å². The van der Waals surface area contributed by atoms with E-state index in [4.69, 9.17) is 0 Å². The third-order valence-electron chi connectivity index (χ3n) is 4.04. The van der Waals surface area contributed by atoms with Gasteiger partial charge in [-0.3, -0.25) is 0 Å². The highest BCUT2D eigenvalue weighted by Crippen LogP contribution is 2.36. The van der Waals surface area contributed by atoms with E-state index in [1.165, 1.54) is 18.6 Å². The summed E-state index contributed by atoms with van der Waals surface area (Å²) in [5.41, 5.74) is -0.663. The molecule has 2 amide bonds. The first-order chi connectivity index (χ1) is 8.52. The first kappa shape index (κ1) is 14.0. The molecule has 1 aliphatic carbocycles. The molecule has 1 aliphatic heterocycles. The van der Waals surface area contributed by atoms with Crippen molar-refractivity contribution in [1.82, 2.24) is 10.6 Å². The molecule has 0 bridgehead atoms. The maximum absolute atomic E-state index is 11.7. The second-order valence-corrected chi connectivity index (χ2v) is 7.55. The van der Waals surface area contributed by atoms with E-state index in [1.807, 2.05) is 11.8 Å². The number of hydrogen-bond donors (Lipinski definition) is 3. The predicted octanol–water partition coefficient (Wildman–Crippen LogP) is 1.88. The number of carbonyl (C=O) groups excluding carboxylic acids is 1. The Labute approximate surface area is 113 Å². The van der Waals surface area contributed by atoms with Crippen molar-refractivity contribution < 1.29 is 9.90 Å². The zero-order valence-electron chi connectivity index (χ0n) is 11.1. The number of thioether (sulfide) groups is 1. The highest BCUT2D eigenvalue weighted by atomic mass is 32.2. The molecule has 104 valence electrons. The van der Waals surface area contributed by atoms with E-state index < -0.39 is 5.60 Å². The Morgan fingerprint density at radius 3 is 2.44 bits per heavy atom. The predicted molar refractivity (Wildman–Crippen MR) is 74.9 cm³/mol. The van der Waals surface area contributed by atoms with Crippen molar-refractivity contribution in [3.63, 3.8) is 0 Å². The minimum absolute atomic E-state index is 0.149. The van der Waals surface area contributed by atoms with Crippen LogP contribution in [0.15, 0.2) is 0 Å². The number of carbonyl (C=O) groups is 1. The van der Waals surface area contributed by atoms with Gasteiger partial charge in [-0.2, -0.15) is 11.8 Å². The van der Waals surface area contributed by atoms with Crippen LogP contribution in [0.3, 0.4) is 0 Å². The molecular formula is C13H24N2O2S. The van der Waals surface area contributed by atoms with Gasteiger partial charge < -0.3 is 15.7 Å². The van der Waals surface area contributed by atoms with Gasteiger partial charge in [0.1, 0.15) is 0 Å². The molecule has 3 N–H and O–H groups in total. The molecule has 5 heteroatoms. The van der Waals surface area contributed by atoms with E-state index in [0.29, 0.717) is 13.1 Å². The standard InChI is InChI=1S/C13H24N2O2S/c1-12(5-4-8-18-12)9-14-11(16)15-10-13(17)6-2-3-7-13/h17H,2-10H2,1H3,(H2,14,15,16). The average molecular weight is 272 g/mol. The van der Waals surface area contributed by atoms with E-state index in [0.717, 1.165) is 25.7 Å². The molecule has 1 atom stereocenters. The van der Waals surface area contributed by atoms with Crippen LogP contribution < -0.4 is 10.6 Å². The molecule has 1 heterocycles. The zero-order valence-corrected chi connectivity index (χ0v) is 11.9. The Balaban J connectivity index is 1.66. The topological polar surface area (TPSA) is 61.4 Å². The van der Waals surface area contributed by atoms with E-state index in [9.17, 15) is 9.90 Å². The number of urea groups is 1. The lowest BCUT2D eigenvalue weighted by atomic mass is 10.0. The summed E-state index contributed by atoms with van der Waals surface area (Å²) in [6.45, 7) is 3.29. The first-order valence-corrected chi connectivity index (χ1v) is 7.88. The maximum Gasteiger partial charge on any atom is 0.314 e. The van der Waals surface area contributed by atoms with Crippen LogP contribution in [0, 0.1) is 0 Å². The third-order valence-corrected chi connectivity index (χ3v) is 5.57. The quantitative estimate of drug-likeness (QED) is 0.732. The van der Waals surface area contributed by atoms with E-state index in [2.05, 4.69) is 17.6 Å². The van der Waals surface area contributed by atoms with E-state index in [1.54, 1.807) is 0 Å². The molecule has 1 saturated carbocycles. The van der Waals surface area contributed by atoms with Gasteiger partial charge in [0.25, 0.3) is 0 Å². The van der Waals surface area contributed by atoms with Gasteiger partial charge in [-0.25, -0.2) is 4.79 Å². The molecule has 18 heavy (non-hydrogen) atoms. The Morgan fingerprint density at radius 1 is 1.17 bits per heavy atom. The number of amides is 2. The molecule has 0 radical (unpaired) electrons. The van der Waals surface area contributed by atoms with Crippen molar-refractivity contribution in [1.29, 1.82) is 0 Å². The lowest BCUT2D eigenvalue weighted by Crippen LogP contribution is -2.47. The van der Waals surface area contributed by atoms with Crippen molar-refractivity contribution in [3.8, 4) is 0 Å². The first-order valence-electron chi connectivity index (χ1n) is 6.90. The monoisotopic (exact) mass is 272 g/mol. The second-order valence-electron chi connectivity index (χ2n) is 5.87. The third kappa shape index (κ3) is 3.79. The number of nitrogens with one attached hydrogen (secondary N) is 2. The highest BCUT2D eigenvalue weighted by molar-refractivity contribution is 8.00. The van der Waals surface area contributed by atoms with Crippen LogP contribution in [-0.2, 0) is 0 Å². The van der Waals surface area contributed by atoms with Crippen LogP contribution in [0.4, 0.5) is 4.79 Å². The van der Waals surface area contributed by atoms with Gasteiger partial charge in [0, 0.05) is 17.8 Å². The molecule has 0 spiro atoms. The van der Waals surface area contributed by atoms with Crippen molar-refractivity contribution in [3.05, 3.63) is 0 Å². The molecule has 2 aliphatic rings. The van der Waals surface area contributed by atoms with Gasteiger partial charge in [0.15, 0.2) is 0 Å². The molecule has 1 unspecified atom stereocenters. The summed E-state index contributed by atoms with van der Waals surface area (Å²) in [5.74, 6) is 1.19. The molecule has 2 fully saturated rings. The summed E-state index contributed by atoms with van der Waals surface area (Å²) >= 11 is 1.94. The lowest BCUT2D eigenvalue weighted by Gasteiger charge is -2.25. The summed E-state index contributed by atoms with van der Waals surface area (Å²) in [4.78, 5) is 11.7. The minimum atomic E-state index is -0.663. The van der Waals surface area contributed by atoms with Crippen LogP contribution in [0.25, 0.3) is 0 Å². The molecular weight excluding hydrogens is 248 g/mol. The fourth-order valence-corrected chi connectivity index (χ4v) is 4.01. The summed E-state index contributed by atoms with van der Waals surface area (Å²) in [7, 11) is 0. The van der Waals surface area contributed by atoms with Crippen LogP contribution in [0.5, 0.6) is 0 Å². The van der Waals surface area contributed by atoms with Gasteiger partial charge >= 0.3 is 6.03 Å². The fourth-order valence-electron chi connectivity index (χ4n) is 2.76. The number of rotatable bonds is 4. The summed E-state index contributed by atoms with van der Waals surface area (Å²) in [5, 5.41) is 15.8. The summed E-state index contributed by atoms with van der Waals surface area (Å²) < 4.78 is 0.196. The van der Waals surface area contributed by atoms with Crippen molar-refractivity contribution in [2.75, 3.05) is 18.8 Å². The van der Waals surface area contributed by atoms with Crippen molar-refractivity contribution in [2.24, 2.45) is 0 Å². The molecule has 4 nitrogen and oxygen atoms in total. The van der Waals surface area contributed by atoms with E-state index in [-0.39, 0.29) is 10.8 Å². The van der Waals surface area contributed by atoms with Crippen LogP contribution >= 0.6 is 11.8 Å². The van der Waals surface area contributed by atoms with Gasteiger partial charge in [-0.05, 0) is 38.4 Å². The van der Waals surface area contributed by atoms with Crippen molar-refractivity contribution >= 4 is 17.8 Å². The highest BCUT2D eigenvalue weighted by Gasteiger charge is 2.32. The largest absolute Gasteiger partial charge is 0.388 e. The summed E-state index contributed by atoms with van der Waals surface area (Å²) in [6, 6.07) is -0.149. The Morgan fingerprint density at radius 2 is 1.83 bits per heavy atom.